The molecular formula is C18H24N4O2. The van der Waals surface area contributed by atoms with Crippen molar-refractivity contribution in [2.45, 2.75) is 38.6 Å². The smallest absolute Gasteiger partial charge is 0.225 e. The minimum absolute atomic E-state index is 0.282. The third-order valence-corrected chi connectivity index (χ3v) is 3.78. The van der Waals surface area contributed by atoms with Crippen molar-refractivity contribution in [1.82, 2.24) is 9.97 Å². The van der Waals surface area contributed by atoms with Gasteiger partial charge in [-0.05, 0) is 26.7 Å². The van der Waals surface area contributed by atoms with Crippen molar-refractivity contribution in [3.63, 3.8) is 0 Å². The van der Waals surface area contributed by atoms with Crippen LogP contribution in [0.2, 0.25) is 0 Å². The van der Waals surface area contributed by atoms with Gasteiger partial charge in [0.05, 0.1) is 19.9 Å². The number of hydrogen-bond donors (Lipinski definition) is 2. The molecule has 1 aliphatic carbocycles. The topological polar surface area (TPSA) is 68.3 Å². The van der Waals surface area contributed by atoms with E-state index in [4.69, 9.17) is 9.47 Å². The van der Waals surface area contributed by atoms with Crippen LogP contribution in [-0.2, 0) is 0 Å². The van der Waals surface area contributed by atoms with Crippen LogP contribution in [0.25, 0.3) is 0 Å². The van der Waals surface area contributed by atoms with Crippen LogP contribution >= 0.6 is 0 Å². The number of nitrogens with zero attached hydrogens (tertiary/aromatic N) is 2. The van der Waals surface area contributed by atoms with Gasteiger partial charge in [-0.1, -0.05) is 0 Å². The van der Waals surface area contributed by atoms with Crippen molar-refractivity contribution < 1.29 is 9.47 Å². The van der Waals surface area contributed by atoms with E-state index in [-0.39, 0.29) is 6.04 Å². The Hall–Kier alpha value is -2.50. The van der Waals surface area contributed by atoms with Gasteiger partial charge in [0.1, 0.15) is 17.3 Å². The van der Waals surface area contributed by atoms with Gasteiger partial charge in [-0.2, -0.15) is 4.98 Å². The average Bonchev–Trinajstić information content (AvgIpc) is 3.38. The summed E-state index contributed by atoms with van der Waals surface area (Å²) in [6.07, 6.45) is 2.40. The summed E-state index contributed by atoms with van der Waals surface area (Å²) in [7, 11) is 3.28. The molecular weight excluding hydrogens is 304 g/mol. The van der Waals surface area contributed by atoms with E-state index in [1.807, 2.05) is 24.3 Å². The Labute approximate surface area is 142 Å². The van der Waals surface area contributed by atoms with Gasteiger partial charge in [0.25, 0.3) is 0 Å². The maximum absolute atomic E-state index is 5.32. The van der Waals surface area contributed by atoms with Crippen molar-refractivity contribution in [2.24, 2.45) is 0 Å². The molecule has 0 radical (unpaired) electrons. The second-order valence-electron chi connectivity index (χ2n) is 6.30. The number of hydrogen-bond acceptors (Lipinski definition) is 6. The van der Waals surface area contributed by atoms with Gasteiger partial charge in [-0.25, -0.2) is 4.98 Å². The first-order valence-corrected chi connectivity index (χ1v) is 8.23. The highest BCUT2D eigenvalue weighted by molar-refractivity contribution is 5.62. The van der Waals surface area contributed by atoms with Gasteiger partial charge in [0.2, 0.25) is 5.95 Å². The monoisotopic (exact) mass is 328 g/mol. The summed E-state index contributed by atoms with van der Waals surface area (Å²) >= 11 is 0. The van der Waals surface area contributed by atoms with Crippen molar-refractivity contribution >= 4 is 17.5 Å². The van der Waals surface area contributed by atoms with Gasteiger partial charge in [-0.3, -0.25) is 0 Å². The summed E-state index contributed by atoms with van der Waals surface area (Å²) in [4.78, 5) is 9.21. The first-order valence-electron chi connectivity index (χ1n) is 8.23. The molecule has 2 N–H and O–H groups in total. The van der Waals surface area contributed by atoms with Gasteiger partial charge >= 0.3 is 0 Å². The maximum atomic E-state index is 5.32. The fourth-order valence-electron chi connectivity index (χ4n) is 2.47. The SMILES string of the molecule is COc1cc(Nc2cc(C3CC3)nc(NC(C)C)n2)cc(OC)c1. The molecule has 6 heteroatoms. The van der Waals surface area contributed by atoms with E-state index in [0.717, 1.165) is 28.7 Å². The summed E-state index contributed by atoms with van der Waals surface area (Å²) in [5, 5.41) is 6.63. The highest BCUT2D eigenvalue weighted by Crippen LogP contribution is 2.40. The maximum Gasteiger partial charge on any atom is 0.225 e. The number of ether oxygens (including phenoxy) is 2. The van der Waals surface area contributed by atoms with E-state index in [2.05, 4.69) is 34.4 Å². The van der Waals surface area contributed by atoms with Crippen molar-refractivity contribution in [1.29, 1.82) is 0 Å². The Morgan fingerprint density at radius 2 is 1.67 bits per heavy atom. The lowest BCUT2D eigenvalue weighted by atomic mass is 10.2. The van der Waals surface area contributed by atoms with Crippen molar-refractivity contribution in [3.8, 4) is 11.5 Å². The van der Waals surface area contributed by atoms with E-state index in [0.29, 0.717) is 11.9 Å². The third-order valence-electron chi connectivity index (χ3n) is 3.78. The fourth-order valence-corrected chi connectivity index (χ4v) is 2.47. The predicted octanol–water partition coefficient (Wildman–Crippen LogP) is 3.94. The summed E-state index contributed by atoms with van der Waals surface area (Å²) in [5.41, 5.74) is 1.95. The molecule has 1 heterocycles. The van der Waals surface area contributed by atoms with Crippen LogP contribution in [-0.4, -0.2) is 30.2 Å². The molecule has 1 saturated carbocycles. The summed E-state index contributed by atoms with van der Waals surface area (Å²) in [5.74, 6) is 3.45. The van der Waals surface area contributed by atoms with E-state index in [9.17, 15) is 0 Å². The minimum Gasteiger partial charge on any atom is -0.497 e. The Morgan fingerprint density at radius 1 is 1.00 bits per heavy atom. The number of anilines is 3. The predicted molar refractivity (Wildman–Crippen MR) is 95.6 cm³/mol. The zero-order valence-electron chi connectivity index (χ0n) is 14.6. The second kappa shape index (κ2) is 6.95. The van der Waals surface area contributed by atoms with Gasteiger partial charge in [-0.15, -0.1) is 0 Å². The van der Waals surface area contributed by atoms with Gasteiger partial charge in [0, 0.05) is 41.9 Å². The van der Waals surface area contributed by atoms with Crippen LogP contribution in [0.1, 0.15) is 38.3 Å². The van der Waals surface area contributed by atoms with Crippen molar-refractivity contribution in [2.75, 3.05) is 24.9 Å². The number of nitrogens with one attached hydrogen (secondary N) is 2. The molecule has 24 heavy (non-hydrogen) atoms. The number of methoxy groups -OCH3 is 2. The lowest BCUT2D eigenvalue weighted by Crippen LogP contribution is -2.14. The first kappa shape index (κ1) is 16.4. The largest absolute Gasteiger partial charge is 0.497 e. The summed E-state index contributed by atoms with van der Waals surface area (Å²) in [6.45, 7) is 4.15. The molecule has 0 bridgehead atoms. The van der Waals surface area contributed by atoms with E-state index in [1.54, 1.807) is 14.2 Å². The average molecular weight is 328 g/mol. The summed E-state index contributed by atoms with van der Waals surface area (Å²) in [6, 6.07) is 7.97. The molecule has 1 aliphatic rings. The molecule has 128 valence electrons. The van der Waals surface area contributed by atoms with Gasteiger partial charge < -0.3 is 20.1 Å². The molecule has 0 amide bonds. The Morgan fingerprint density at radius 3 is 2.21 bits per heavy atom. The fraction of sp³-hybridized carbons (Fsp3) is 0.444. The van der Waals surface area contributed by atoms with Crippen molar-refractivity contribution in [3.05, 3.63) is 30.0 Å². The molecule has 1 aromatic heterocycles. The van der Waals surface area contributed by atoms with Gasteiger partial charge in [0.15, 0.2) is 0 Å². The first-order chi connectivity index (χ1) is 11.6. The van der Waals surface area contributed by atoms with E-state index < -0.39 is 0 Å². The van der Waals surface area contributed by atoms with Crippen LogP contribution in [0.3, 0.4) is 0 Å². The molecule has 2 aromatic rings. The van der Waals surface area contributed by atoms with E-state index in [1.165, 1.54) is 12.8 Å². The molecule has 0 aliphatic heterocycles. The van der Waals surface area contributed by atoms with Crippen LogP contribution in [0, 0.1) is 0 Å². The minimum atomic E-state index is 0.282. The number of benzene rings is 1. The normalized spacial score (nSPS) is 13.7. The highest BCUT2D eigenvalue weighted by atomic mass is 16.5. The lowest BCUT2D eigenvalue weighted by molar-refractivity contribution is 0.395. The Kier molecular flexibility index (Phi) is 4.74. The third kappa shape index (κ3) is 4.07. The highest BCUT2D eigenvalue weighted by Gasteiger charge is 2.26. The zero-order valence-corrected chi connectivity index (χ0v) is 14.6. The summed E-state index contributed by atoms with van der Waals surface area (Å²) < 4.78 is 10.6. The lowest BCUT2D eigenvalue weighted by Gasteiger charge is -2.14. The van der Waals surface area contributed by atoms with Crippen LogP contribution in [0.15, 0.2) is 24.3 Å². The van der Waals surface area contributed by atoms with Crippen LogP contribution < -0.4 is 20.1 Å². The standard InChI is InChI=1S/C18H24N4O2/c1-11(2)19-18-21-16(12-5-6-12)10-17(22-18)20-13-7-14(23-3)9-15(8-13)24-4/h7-12H,5-6H2,1-4H3,(H2,19,20,21,22). The molecule has 0 unspecified atom stereocenters. The Bertz CT molecular complexity index is 692. The molecule has 0 spiro atoms. The molecule has 0 saturated heterocycles. The molecule has 1 aromatic carbocycles. The number of aromatic nitrogens is 2. The van der Waals surface area contributed by atoms with E-state index >= 15 is 0 Å². The molecule has 0 atom stereocenters. The second-order valence-corrected chi connectivity index (χ2v) is 6.30. The molecule has 3 rings (SSSR count). The molecule has 6 nitrogen and oxygen atoms in total. The number of rotatable bonds is 7. The van der Waals surface area contributed by atoms with Crippen LogP contribution in [0.5, 0.6) is 11.5 Å². The zero-order chi connectivity index (χ0) is 17.1. The Balaban J connectivity index is 1.89. The van der Waals surface area contributed by atoms with Crippen LogP contribution in [0.4, 0.5) is 17.5 Å². The molecule has 1 fully saturated rings. The quantitative estimate of drug-likeness (QED) is 0.802.